The Balaban J connectivity index is 1.90. The van der Waals surface area contributed by atoms with Gasteiger partial charge in [0.15, 0.2) is 0 Å². The van der Waals surface area contributed by atoms with E-state index in [4.69, 9.17) is 9.56 Å². The molecule has 20 heavy (non-hydrogen) atoms. The van der Waals surface area contributed by atoms with Gasteiger partial charge in [-0.1, -0.05) is 12.1 Å². The largest absolute Gasteiger partial charge is 0.469 e. The Morgan fingerprint density at radius 1 is 1.25 bits per heavy atom. The van der Waals surface area contributed by atoms with Crippen molar-refractivity contribution in [3.05, 3.63) is 54.0 Å². The maximum atomic E-state index is 11.2. The SMILES string of the molecule is CC(NCCc1ccco1)c1ccc(S(N)(=O)=O)cc1. The van der Waals surface area contributed by atoms with Crippen LogP contribution in [0.25, 0.3) is 0 Å². The fraction of sp³-hybridized carbons (Fsp3) is 0.286. The number of hydrogen-bond acceptors (Lipinski definition) is 4. The summed E-state index contributed by atoms with van der Waals surface area (Å²) in [4.78, 5) is 0.129. The Kier molecular flexibility index (Phi) is 4.59. The Labute approximate surface area is 118 Å². The average Bonchev–Trinajstić information content (AvgIpc) is 2.91. The van der Waals surface area contributed by atoms with E-state index < -0.39 is 10.0 Å². The van der Waals surface area contributed by atoms with Gasteiger partial charge in [-0.3, -0.25) is 0 Å². The number of nitrogens with one attached hydrogen (secondary N) is 1. The molecule has 1 heterocycles. The van der Waals surface area contributed by atoms with E-state index in [1.54, 1.807) is 18.4 Å². The van der Waals surface area contributed by atoms with Crippen LogP contribution in [0, 0.1) is 0 Å². The Hall–Kier alpha value is -1.63. The summed E-state index contributed by atoms with van der Waals surface area (Å²) < 4.78 is 27.6. The van der Waals surface area contributed by atoms with Gasteiger partial charge in [-0.05, 0) is 36.8 Å². The lowest BCUT2D eigenvalue weighted by Crippen LogP contribution is -2.21. The second kappa shape index (κ2) is 6.21. The average molecular weight is 294 g/mol. The summed E-state index contributed by atoms with van der Waals surface area (Å²) >= 11 is 0. The van der Waals surface area contributed by atoms with Gasteiger partial charge in [-0.25, -0.2) is 13.6 Å². The van der Waals surface area contributed by atoms with E-state index in [1.807, 2.05) is 19.1 Å². The molecular weight excluding hydrogens is 276 g/mol. The molecule has 1 atom stereocenters. The highest BCUT2D eigenvalue weighted by Gasteiger charge is 2.09. The predicted octanol–water partition coefficient (Wildman–Crippen LogP) is 1.82. The molecule has 0 bridgehead atoms. The van der Waals surface area contributed by atoms with Gasteiger partial charge >= 0.3 is 0 Å². The van der Waals surface area contributed by atoms with Gasteiger partial charge in [0.1, 0.15) is 5.76 Å². The number of primary sulfonamides is 1. The molecule has 0 fully saturated rings. The van der Waals surface area contributed by atoms with Crippen LogP contribution < -0.4 is 10.5 Å². The third-order valence-electron chi connectivity index (χ3n) is 3.11. The van der Waals surface area contributed by atoms with Crippen LogP contribution in [0.3, 0.4) is 0 Å². The summed E-state index contributed by atoms with van der Waals surface area (Å²) in [6, 6.07) is 10.5. The predicted molar refractivity (Wildman–Crippen MR) is 76.6 cm³/mol. The quantitative estimate of drug-likeness (QED) is 0.851. The molecular formula is C14H18N2O3S. The summed E-state index contributed by atoms with van der Waals surface area (Å²) in [5.41, 5.74) is 1.01. The molecule has 0 aliphatic carbocycles. The van der Waals surface area contributed by atoms with Crippen molar-refractivity contribution in [3.8, 4) is 0 Å². The monoisotopic (exact) mass is 294 g/mol. The van der Waals surface area contributed by atoms with Crippen LogP contribution in [0.15, 0.2) is 52.0 Å². The van der Waals surface area contributed by atoms with Crippen molar-refractivity contribution in [2.45, 2.75) is 24.3 Å². The van der Waals surface area contributed by atoms with Crippen molar-refractivity contribution >= 4 is 10.0 Å². The third kappa shape index (κ3) is 3.93. The zero-order valence-corrected chi connectivity index (χ0v) is 12.1. The summed E-state index contributed by atoms with van der Waals surface area (Å²) in [6.07, 6.45) is 2.47. The van der Waals surface area contributed by atoms with Gasteiger partial charge in [-0.2, -0.15) is 0 Å². The molecule has 0 spiro atoms. The third-order valence-corrected chi connectivity index (χ3v) is 4.04. The lowest BCUT2D eigenvalue weighted by Gasteiger charge is -2.14. The molecule has 108 valence electrons. The molecule has 2 rings (SSSR count). The van der Waals surface area contributed by atoms with Gasteiger partial charge in [0, 0.05) is 19.0 Å². The minimum absolute atomic E-state index is 0.125. The summed E-state index contributed by atoms with van der Waals surface area (Å²) in [6.45, 7) is 2.81. The summed E-state index contributed by atoms with van der Waals surface area (Å²) in [5, 5.41) is 8.42. The lowest BCUT2D eigenvalue weighted by atomic mass is 10.1. The van der Waals surface area contributed by atoms with Crippen LogP contribution in [0.4, 0.5) is 0 Å². The molecule has 2 aromatic rings. The first-order valence-electron chi connectivity index (χ1n) is 6.35. The first-order chi connectivity index (χ1) is 9.47. The van der Waals surface area contributed by atoms with Crippen LogP contribution in [-0.4, -0.2) is 15.0 Å². The molecule has 6 heteroatoms. The van der Waals surface area contributed by atoms with Crippen LogP contribution in [0.1, 0.15) is 24.3 Å². The van der Waals surface area contributed by atoms with E-state index in [0.29, 0.717) is 0 Å². The number of furan rings is 1. The van der Waals surface area contributed by atoms with Gasteiger partial charge in [0.2, 0.25) is 10.0 Å². The lowest BCUT2D eigenvalue weighted by molar-refractivity contribution is 0.486. The maximum absolute atomic E-state index is 11.2. The number of hydrogen-bond donors (Lipinski definition) is 2. The molecule has 0 aliphatic heterocycles. The van der Waals surface area contributed by atoms with Crippen LogP contribution in [-0.2, 0) is 16.4 Å². The van der Waals surface area contributed by atoms with E-state index in [-0.39, 0.29) is 10.9 Å². The van der Waals surface area contributed by atoms with E-state index in [0.717, 1.165) is 24.3 Å². The van der Waals surface area contributed by atoms with Crippen molar-refractivity contribution in [1.82, 2.24) is 5.32 Å². The van der Waals surface area contributed by atoms with Crippen molar-refractivity contribution in [2.75, 3.05) is 6.54 Å². The zero-order valence-electron chi connectivity index (χ0n) is 11.2. The highest BCUT2D eigenvalue weighted by atomic mass is 32.2. The Morgan fingerprint density at radius 2 is 1.95 bits per heavy atom. The van der Waals surface area contributed by atoms with Crippen LogP contribution >= 0.6 is 0 Å². The van der Waals surface area contributed by atoms with Crippen molar-refractivity contribution in [3.63, 3.8) is 0 Å². The first-order valence-corrected chi connectivity index (χ1v) is 7.90. The molecule has 0 amide bonds. The van der Waals surface area contributed by atoms with Crippen LogP contribution in [0.2, 0.25) is 0 Å². The fourth-order valence-corrected chi connectivity index (χ4v) is 2.45. The highest BCUT2D eigenvalue weighted by Crippen LogP contribution is 2.15. The van der Waals surface area contributed by atoms with Gasteiger partial charge in [-0.15, -0.1) is 0 Å². The molecule has 1 aromatic heterocycles. The van der Waals surface area contributed by atoms with E-state index in [1.165, 1.54) is 12.1 Å². The molecule has 0 saturated heterocycles. The second-order valence-corrected chi connectivity index (χ2v) is 6.18. The normalized spacial score (nSPS) is 13.3. The van der Waals surface area contributed by atoms with Crippen molar-refractivity contribution in [1.29, 1.82) is 0 Å². The molecule has 3 N–H and O–H groups in total. The van der Waals surface area contributed by atoms with E-state index in [9.17, 15) is 8.42 Å². The van der Waals surface area contributed by atoms with Gasteiger partial charge in [0.25, 0.3) is 0 Å². The number of benzene rings is 1. The van der Waals surface area contributed by atoms with Gasteiger partial charge in [0.05, 0.1) is 11.2 Å². The summed E-state index contributed by atoms with van der Waals surface area (Å²) in [5.74, 6) is 0.939. The Morgan fingerprint density at radius 3 is 2.50 bits per heavy atom. The van der Waals surface area contributed by atoms with Crippen molar-refractivity contribution in [2.24, 2.45) is 5.14 Å². The number of rotatable bonds is 6. The zero-order chi connectivity index (χ0) is 14.6. The summed E-state index contributed by atoms with van der Waals surface area (Å²) in [7, 11) is -3.62. The molecule has 0 saturated carbocycles. The van der Waals surface area contributed by atoms with Crippen LogP contribution in [0.5, 0.6) is 0 Å². The van der Waals surface area contributed by atoms with E-state index in [2.05, 4.69) is 5.32 Å². The molecule has 5 nitrogen and oxygen atoms in total. The fourth-order valence-electron chi connectivity index (χ4n) is 1.93. The highest BCUT2D eigenvalue weighted by molar-refractivity contribution is 7.89. The Bertz CT molecular complexity index is 634. The minimum Gasteiger partial charge on any atom is -0.469 e. The van der Waals surface area contributed by atoms with E-state index >= 15 is 0 Å². The van der Waals surface area contributed by atoms with Crippen molar-refractivity contribution < 1.29 is 12.8 Å². The number of nitrogens with two attached hydrogens (primary N) is 1. The molecule has 0 radical (unpaired) electrons. The second-order valence-electron chi connectivity index (χ2n) is 4.62. The topological polar surface area (TPSA) is 85.3 Å². The molecule has 1 unspecified atom stereocenters. The van der Waals surface area contributed by atoms with Gasteiger partial charge < -0.3 is 9.73 Å². The minimum atomic E-state index is -3.62. The standard InChI is InChI=1S/C14H18N2O3S/c1-11(16-9-8-13-3-2-10-19-13)12-4-6-14(7-5-12)20(15,17)18/h2-7,10-11,16H,8-9H2,1H3,(H2,15,17,18). The number of sulfonamides is 1. The first kappa shape index (κ1) is 14.8. The molecule has 1 aromatic carbocycles. The maximum Gasteiger partial charge on any atom is 0.238 e. The molecule has 0 aliphatic rings. The smallest absolute Gasteiger partial charge is 0.238 e.